The zero-order valence-electron chi connectivity index (χ0n) is 9.35. The topological polar surface area (TPSA) is 101 Å². The molecule has 0 atom stereocenters. The largest absolute Gasteiger partial charge is 0.481 e. The highest BCUT2D eigenvalue weighted by atomic mass is 16.4. The van der Waals surface area contributed by atoms with Gasteiger partial charge >= 0.3 is 11.9 Å². The lowest BCUT2D eigenvalue weighted by molar-refractivity contribution is -0.138. The Bertz CT molecular complexity index is 429. The van der Waals surface area contributed by atoms with Crippen LogP contribution < -0.4 is 5.73 Å². The van der Waals surface area contributed by atoms with Crippen molar-refractivity contribution in [3.63, 3.8) is 0 Å². The van der Waals surface area contributed by atoms with Crippen molar-refractivity contribution < 1.29 is 19.8 Å². The second-order valence-electron chi connectivity index (χ2n) is 3.77. The molecule has 0 saturated heterocycles. The Morgan fingerprint density at radius 2 is 1.65 bits per heavy atom. The highest BCUT2D eigenvalue weighted by Gasteiger charge is 2.09. The molecule has 0 spiro atoms. The molecule has 1 aromatic rings. The molecular weight excluding hydrogens is 222 g/mol. The smallest absolute Gasteiger partial charge is 0.303 e. The number of aryl methyl sites for hydroxylation is 1. The fourth-order valence-corrected chi connectivity index (χ4v) is 1.67. The molecule has 1 aromatic carbocycles. The summed E-state index contributed by atoms with van der Waals surface area (Å²) in [5.41, 5.74) is 7.86. The fraction of sp³-hybridized carbons (Fsp3) is 0.333. The first kappa shape index (κ1) is 13.0. The van der Waals surface area contributed by atoms with Gasteiger partial charge in [-0.25, -0.2) is 0 Å². The summed E-state index contributed by atoms with van der Waals surface area (Å²) in [6, 6.07) is 5.23. The minimum Gasteiger partial charge on any atom is -0.481 e. The standard InChI is InChI=1S/C12H15NO4/c13-10-3-1-2-8(4-6-11(14)15)9(10)5-7-12(16)17/h1-3H,4-7,13H2,(H,14,15)(H,16,17). The van der Waals surface area contributed by atoms with E-state index in [0.29, 0.717) is 18.5 Å². The Morgan fingerprint density at radius 1 is 1.06 bits per heavy atom. The van der Waals surface area contributed by atoms with Gasteiger partial charge in [0, 0.05) is 18.5 Å². The van der Waals surface area contributed by atoms with Crippen molar-refractivity contribution in [3.05, 3.63) is 29.3 Å². The molecule has 5 nitrogen and oxygen atoms in total. The number of rotatable bonds is 6. The molecule has 0 aliphatic carbocycles. The highest BCUT2D eigenvalue weighted by molar-refractivity contribution is 5.69. The van der Waals surface area contributed by atoms with E-state index in [2.05, 4.69) is 0 Å². The summed E-state index contributed by atoms with van der Waals surface area (Å²) in [6.07, 6.45) is 0.712. The molecule has 1 rings (SSSR count). The van der Waals surface area contributed by atoms with Crippen LogP contribution in [0.5, 0.6) is 0 Å². The maximum atomic E-state index is 10.5. The Hall–Kier alpha value is -2.04. The Balaban J connectivity index is 2.83. The number of nitrogen functional groups attached to an aromatic ring is 1. The van der Waals surface area contributed by atoms with Crippen LogP contribution in [0.15, 0.2) is 18.2 Å². The van der Waals surface area contributed by atoms with Crippen molar-refractivity contribution >= 4 is 17.6 Å². The molecule has 0 saturated carbocycles. The summed E-state index contributed by atoms with van der Waals surface area (Å²) in [5.74, 6) is -1.77. The van der Waals surface area contributed by atoms with E-state index in [1.165, 1.54) is 0 Å². The van der Waals surface area contributed by atoms with Crippen LogP contribution in [0.1, 0.15) is 24.0 Å². The van der Waals surface area contributed by atoms with Gasteiger partial charge in [-0.15, -0.1) is 0 Å². The van der Waals surface area contributed by atoms with Gasteiger partial charge in [0.1, 0.15) is 0 Å². The second-order valence-corrected chi connectivity index (χ2v) is 3.77. The number of hydrogen-bond acceptors (Lipinski definition) is 3. The van der Waals surface area contributed by atoms with E-state index in [4.69, 9.17) is 15.9 Å². The molecule has 0 aliphatic heterocycles. The summed E-state index contributed by atoms with van der Waals surface area (Å²) < 4.78 is 0. The zero-order chi connectivity index (χ0) is 12.8. The van der Waals surface area contributed by atoms with Gasteiger partial charge in [0.05, 0.1) is 0 Å². The Morgan fingerprint density at radius 3 is 2.24 bits per heavy atom. The molecule has 0 fully saturated rings. The normalized spacial score (nSPS) is 10.1. The van der Waals surface area contributed by atoms with Crippen LogP contribution in [-0.2, 0) is 22.4 Å². The van der Waals surface area contributed by atoms with Crippen LogP contribution in [0.4, 0.5) is 5.69 Å². The van der Waals surface area contributed by atoms with Gasteiger partial charge in [-0.2, -0.15) is 0 Å². The third-order valence-corrected chi connectivity index (χ3v) is 2.51. The number of carboxylic acids is 2. The maximum Gasteiger partial charge on any atom is 0.303 e. The van der Waals surface area contributed by atoms with Gasteiger partial charge in [-0.3, -0.25) is 9.59 Å². The molecule has 0 heterocycles. The third-order valence-electron chi connectivity index (χ3n) is 2.51. The number of hydrogen-bond donors (Lipinski definition) is 3. The van der Waals surface area contributed by atoms with Gasteiger partial charge in [0.25, 0.3) is 0 Å². The quantitative estimate of drug-likeness (QED) is 0.647. The molecular formula is C12H15NO4. The number of anilines is 1. The van der Waals surface area contributed by atoms with E-state index in [9.17, 15) is 9.59 Å². The van der Waals surface area contributed by atoms with E-state index in [0.717, 1.165) is 11.1 Å². The third kappa shape index (κ3) is 4.14. The van der Waals surface area contributed by atoms with Crippen molar-refractivity contribution in [2.24, 2.45) is 0 Å². The zero-order valence-corrected chi connectivity index (χ0v) is 9.35. The minimum atomic E-state index is -0.891. The lowest BCUT2D eigenvalue weighted by Gasteiger charge is -2.10. The SMILES string of the molecule is Nc1cccc(CCC(=O)O)c1CCC(=O)O. The van der Waals surface area contributed by atoms with Gasteiger partial charge in [0.2, 0.25) is 0 Å². The van der Waals surface area contributed by atoms with Crippen molar-refractivity contribution in [1.29, 1.82) is 0 Å². The average Bonchev–Trinajstić information content (AvgIpc) is 2.24. The molecule has 17 heavy (non-hydrogen) atoms. The molecule has 92 valence electrons. The van der Waals surface area contributed by atoms with E-state index >= 15 is 0 Å². The summed E-state index contributed by atoms with van der Waals surface area (Å²) in [5, 5.41) is 17.3. The van der Waals surface area contributed by atoms with E-state index < -0.39 is 11.9 Å². The first-order valence-electron chi connectivity index (χ1n) is 5.30. The van der Waals surface area contributed by atoms with Crippen LogP contribution in [0.25, 0.3) is 0 Å². The molecule has 0 unspecified atom stereocenters. The van der Waals surface area contributed by atoms with Crippen molar-refractivity contribution in [2.75, 3.05) is 5.73 Å². The number of carbonyl (C=O) groups is 2. The van der Waals surface area contributed by atoms with Gasteiger partial charge < -0.3 is 15.9 Å². The Kier molecular flexibility index (Phi) is 4.51. The van der Waals surface area contributed by atoms with Gasteiger partial charge in [-0.1, -0.05) is 12.1 Å². The molecule has 0 aromatic heterocycles. The molecule has 0 aliphatic rings. The van der Waals surface area contributed by atoms with E-state index in [1.54, 1.807) is 18.2 Å². The molecule has 0 radical (unpaired) electrons. The maximum absolute atomic E-state index is 10.5. The van der Waals surface area contributed by atoms with E-state index in [1.807, 2.05) is 0 Å². The lowest BCUT2D eigenvalue weighted by Crippen LogP contribution is -2.06. The first-order valence-corrected chi connectivity index (χ1v) is 5.30. The van der Waals surface area contributed by atoms with Gasteiger partial charge in [-0.05, 0) is 30.0 Å². The van der Waals surface area contributed by atoms with Crippen LogP contribution in [0.2, 0.25) is 0 Å². The number of aliphatic carboxylic acids is 2. The van der Waals surface area contributed by atoms with Crippen molar-refractivity contribution in [2.45, 2.75) is 25.7 Å². The lowest BCUT2D eigenvalue weighted by atomic mass is 9.97. The Labute approximate surface area is 98.9 Å². The second kappa shape index (κ2) is 5.89. The predicted octanol–water partition coefficient (Wildman–Crippen LogP) is 1.30. The number of nitrogens with two attached hydrogens (primary N) is 1. The van der Waals surface area contributed by atoms with E-state index in [-0.39, 0.29) is 12.8 Å². The summed E-state index contributed by atoms with van der Waals surface area (Å²) in [6.45, 7) is 0. The highest BCUT2D eigenvalue weighted by Crippen LogP contribution is 2.20. The number of benzene rings is 1. The molecule has 5 heteroatoms. The van der Waals surface area contributed by atoms with Crippen LogP contribution in [0.3, 0.4) is 0 Å². The molecule has 0 bridgehead atoms. The number of carboxylic acid groups (broad SMARTS) is 2. The van der Waals surface area contributed by atoms with Crippen LogP contribution in [-0.4, -0.2) is 22.2 Å². The summed E-state index contributed by atoms with van der Waals surface area (Å²) >= 11 is 0. The average molecular weight is 237 g/mol. The first-order chi connectivity index (χ1) is 8.00. The summed E-state index contributed by atoms with van der Waals surface area (Å²) in [7, 11) is 0. The van der Waals surface area contributed by atoms with Crippen molar-refractivity contribution in [3.8, 4) is 0 Å². The monoisotopic (exact) mass is 237 g/mol. The predicted molar refractivity (Wildman–Crippen MR) is 62.8 cm³/mol. The minimum absolute atomic E-state index is 0.00567. The molecule has 4 N–H and O–H groups in total. The summed E-state index contributed by atoms with van der Waals surface area (Å²) in [4.78, 5) is 21.0. The fourth-order valence-electron chi connectivity index (χ4n) is 1.67. The van der Waals surface area contributed by atoms with Gasteiger partial charge in [0.15, 0.2) is 0 Å². The molecule has 0 amide bonds. The van der Waals surface area contributed by atoms with Crippen molar-refractivity contribution in [1.82, 2.24) is 0 Å². The van der Waals surface area contributed by atoms with Crippen LogP contribution >= 0.6 is 0 Å². The van der Waals surface area contributed by atoms with Crippen LogP contribution in [0, 0.1) is 0 Å².